The number of rotatable bonds is 3. The van der Waals surface area contributed by atoms with Crippen molar-refractivity contribution in [3.05, 3.63) is 0 Å². The predicted octanol–water partition coefficient (Wildman–Crippen LogP) is 3.63. The first-order valence-electron chi connectivity index (χ1n) is 6.81. The number of hydrogen-bond acceptors (Lipinski definition) is 2. The van der Waals surface area contributed by atoms with E-state index < -0.39 is 0 Å². The third-order valence-electron chi connectivity index (χ3n) is 3.81. The second kappa shape index (κ2) is 5.32. The number of ketones is 2. The minimum absolute atomic E-state index is 0.134. The molecule has 17 heavy (non-hydrogen) atoms. The van der Waals surface area contributed by atoms with Crippen LogP contribution in [0.2, 0.25) is 0 Å². The maximum Gasteiger partial charge on any atom is 0.141 e. The zero-order valence-electron chi connectivity index (χ0n) is 11.9. The quantitative estimate of drug-likeness (QED) is 0.752. The molecule has 2 nitrogen and oxygen atoms in total. The molecule has 0 saturated heterocycles. The van der Waals surface area contributed by atoms with Crippen LogP contribution in [0.25, 0.3) is 0 Å². The van der Waals surface area contributed by atoms with Gasteiger partial charge in [-0.25, -0.2) is 0 Å². The largest absolute Gasteiger partial charge is 0.299 e. The molecule has 0 heterocycles. The van der Waals surface area contributed by atoms with E-state index in [-0.39, 0.29) is 23.2 Å². The fourth-order valence-electron chi connectivity index (χ4n) is 2.72. The van der Waals surface area contributed by atoms with Crippen LogP contribution in [0.15, 0.2) is 0 Å². The van der Waals surface area contributed by atoms with Gasteiger partial charge in [0, 0.05) is 23.2 Å². The monoisotopic (exact) mass is 238 g/mol. The fraction of sp³-hybridized carbons (Fsp3) is 0.867. The maximum absolute atomic E-state index is 12.1. The average molecular weight is 238 g/mol. The molecule has 0 spiro atoms. The highest BCUT2D eigenvalue weighted by atomic mass is 16.1. The standard InChI is InChI=1S/C15H26O2/c1-10(2)13(16)11-6-8-12(9-7-11)14(17)15(3,4)5/h10-12H,6-9H2,1-5H3/t11-,12-. The highest BCUT2D eigenvalue weighted by Gasteiger charge is 2.34. The van der Waals surface area contributed by atoms with Crippen molar-refractivity contribution < 1.29 is 9.59 Å². The second-order valence-electron chi connectivity index (χ2n) is 6.72. The van der Waals surface area contributed by atoms with Gasteiger partial charge in [0.1, 0.15) is 11.6 Å². The van der Waals surface area contributed by atoms with Gasteiger partial charge < -0.3 is 0 Å². The van der Waals surface area contributed by atoms with Gasteiger partial charge in [0.05, 0.1) is 0 Å². The molecule has 1 aliphatic rings. The molecule has 98 valence electrons. The van der Waals surface area contributed by atoms with Crippen molar-refractivity contribution in [3.8, 4) is 0 Å². The summed E-state index contributed by atoms with van der Waals surface area (Å²) in [5.74, 6) is 1.28. The Bertz CT molecular complexity index is 289. The van der Waals surface area contributed by atoms with Crippen LogP contribution in [0, 0.1) is 23.2 Å². The smallest absolute Gasteiger partial charge is 0.141 e. The van der Waals surface area contributed by atoms with Crippen LogP contribution in [0.5, 0.6) is 0 Å². The zero-order valence-corrected chi connectivity index (χ0v) is 11.9. The summed E-state index contributed by atoms with van der Waals surface area (Å²) in [5.41, 5.74) is -0.237. The first-order valence-corrected chi connectivity index (χ1v) is 6.81. The van der Waals surface area contributed by atoms with Gasteiger partial charge in [-0.1, -0.05) is 34.6 Å². The minimum atomic E-state index is -0.237. The van der Waals surface area contributed by atoms with E-state index in [9.17, 15) is 9.59 Å². The number of Topliss-reactive ketones (excluding diaryl/α,β-unsaturated/α-hetero) is 2. The molecule has 0 aliphatic heterocycles. The van der Waals surface area contributed by atoms with E-state index in [0.717, 1.165) is 25.7 Å². The molecule has 0 aromatic rings. The molecular formula is C15H26O2. The molecule has 0 N–H and O–H groups in total. The van der Waals surface area contributed by atoms with Crippen molar-refractivity contribution in [1.29, 1.82) is 0 Å². The maximum atomic E-state index is 12.1. The Morgan fingerprint density at radius 3 is 1.71 bits per heavy atom. The van der Waals surface area contributed by atoms with E-state index in [4.69, 9.17) is 0 Å². The van der Waals surface area contributed by atoms with Crippen LogP contribution in [0.4, 0.5) is 0 Å². The van der Waals surface area contributed by atoms with Crippen LogP contribution in [-0.4, -0.2) is 11.6 Å². The molecular weight excluding hydrogens is 212 g/mol. The number of carbonyl (C=O) groups excluding carboxylic acids is 2. The van der Waals surface area contributed by atoms with Gasteiger partial charge >= 0.3 is 0 Å². The zero-order chi connectivity index (χ0) is 13.2. The van der Waals surface area contributed by atoms with Crippen molar-refractivity contribution in [2.24, 2.45) is 23.2 Å². The van der Waals surface area contributed by atoms with Gasteiger partial charge in [-0.3, -0.25) is 9.59 Å². The molecule has 0 unspecified atom stereocenters. The van der Waals surface area contributed by atoms with Crippen LogP contribution >= 0.6 is 0 Å². The second-order valence-corrected chi connectivity index (χ2v) is 6.72. The van der Waals surface area contributed by atoms with Gasteiger partial charge in [-0.2, -0.15) is 0 Å². The number of carbonyl (C=O) groups is 2. The van der Waals surface area contributed by atoms with Crippen molar-refractivity contribution in [2.45, 2.75) is 60.3 Å². The lowest BCUT2D eigenvalue weighted by molar-refractivity contribution is -0.134. The highest BCUT2D eigenvalue weighted by Crippen LogP contribution is 2.35. The lowest BCUT2D eigenvalue weighted by atomic mass is 9.72. The molecule has 1 rings (SSSR count). The Labute approximate surface area is 105 Å². The third kappa shape index (κ3) is 3.65. The van der Waals surface area contributed by atoms with Gasteiger partial charge in [-0.05, 0) is 25.7 Å². The summed E-state index contributed by atoms with van der Waals surface area (Å²) in [6.45, 7) is 9.89. The van der Waals surface area contributed by atoms with Crippen molar-refractivity contribution >= 4 is 11.6 Å². The van der Waals surface area contributed by atoms with Crippen molar-refractivity contribution in [3.63, 3.8) is 0 Å². The minimum Gasteiger partial charge on any atom is -0.299 e. The van der Waals surface area contributed by atoms with E-state index in [1.807, 2.05) is 34.6 Å². The topological polar surface area (TPSA) is 34.1 Å². The Morgan fingerprint density at radius 2 is 1.35 bits per heavy atom. The first kappa shape index (κ1) is 14.4. The SMILES string of the molecule is CC(C)C(=O)[C@H]1CC[C@H](C(=O)C(C)(C)C)CC1. The lowest BCUT2D eigenvalue weighted by Gasteiger charge is -2.31. The van der Waals surface area contributed by atoms with Crippen molar-refractivity contribution in [2.75, 3.05) is 0 Å². The molecule has 1 saturated carbocycles. The van der Waals surface area contributed by atoms with Crippen LogP contribution < -0.4 is 0 Å². The molecule has 0 amide bonds. The van der Waals surface area contributed by atoms with Crippen LogP contribution in [0.1, 0.15) is 60.3 Å². The van der Waals surface area contributed by atoms with E-state index >= 15 is 0 Å². The fourth-order valence-corrected chi connectivity index (χ4v) is 2.72. The van der Waals surface area contributed by atoms with Crippen LogP contribution in [0.3, 0.4) is 0 Å². The van der Waals surface area contributed by atoms with E-state index in [1.165, 1.54) is 0 Å². The summed E-state index contributed by atoms with van der Waals surface area (Å²) in [4.78, 5) is 24.0. The molecule has 0 atom stereocenters. The van der Waals surface area contributed by atoms with Gasteiger partial charge in [0.15, 0.2) is 0 Å². The molecule has 0 aromatic heterocycles. The van der Waals surface area contributed by atoms with Crippen LogP contribution in [-0.2, 0) is 9.59 Å². The molecule has 0 aromatic carbocycles. The Hall–Kier alpha value is -0.660. The van der Waals surface area contributed by atoms with E-state index in [2.05, 4.69) is 0 Å². The van der Waals surface area contributed by atoms with Gasteiger partial charge in [0.2, 0.25) is 0 Å². The Morgan fingerprint density at radius 1 is 0.941 bits per heavy atom. The lowest BCUT2D eigenvalue weighted by Crippen LogP contribution is -2.33. The van der Waals surface area contributed by atoms with Gasteiger partial charge in [-0.15, -0.1) is 0 Å². The summed E-state index contributed by atoms with van der Waals surface area (Å²) in [7, 11) is 0. The molecule has 2 heteroatoms. The summed E-state index contributed by atoms with van der Waals surface area (Å²) < 4.78 is 0. The summed E-state index contributed by atoms with van der Waals surface area (Å²) in [6.07, 6.45) is 3.62. The van der Waals surface area contributed by atoms with E-state index in [1.54, 1.807) is 0 Å². The highest BCUT2D eigenvalue weighted by molar-refractivity contribution is 5.87. The summed E-state index contributed by atoms with van der Waals surface area (Å²) in [6, 6.07) is 0. The molecule has 1 fully saturated rings. The van der Waals surface area contributed by atoms with Gasteiger partial charge in [0.25, 0.3) is 0 Å². The predicted molar refractivity (Wildman–Crippen MR) is 69.8 cm³/mol. The normalized spacial score (nSPS) is 26.0. The Balaban J connectivity index is 2.52. The third-order valence-corrected chi connectivity index (χ3v) is 3.81. The first-order chi connectivity index (χ1) is 7.73. The summed E-state index contributed by atoms with van der Waals surface area (Å²) >= 11 is 0. The molecule has 0 radical (unpaired) electrons. The number of hydrogen-bond donors (Lipinski definition) is 0. The Kier molecular flexibility index (Phi) is 4.51. The van der Waals surface area contributed by atoms with E-state index in [0.29, 0.717) is 11.6 Å². The summed E-state index contributed by atoms with van der Waals surface area (Å²) in [5, 5.41) is 0. The molecule has 0 bridgehead atoms. The van der Waals surface area contributed by atoms with Crippen molar-refractivity contribution in [1.82, 2.24) is 0 Å². The molecule has 1 aliphatic carbocycles. The average Bonchev–Trinajstić information content (AvgIpc) is 2.26.